The summed E-state index contributed by atoms with van der Waals surface area (Å²) in [5, 5.41) is 2.82. The number of hydrogen-bond acceptors (Lipinski definition) is 5. The highest BCUT2D eigenvalue weighted by atomic mass is 16.2. The molecule has 144 valence electrons. The van der Waals surface area contributed by atoms with Gasteiger partial charge in [0.15, 0.2) is 0 Å². The van der Waals surface area contributed by atoms with Crippen molar-refractivity contribution in [3.63, 3.8) is 0 Å². The summed E-state index contributed by atoms with van der Waals surface area (Å²) in [7, 11) is 0. The van der Waals surface area contributed by atoms with Crippen LogP contribution in [-0.4, -0.2) is 48.2 Å². The van der Waals surface area contributed by atoms with Gasteiger partial charge in [0, 0.05) is 44.5 Å². The van der Waals surface area contributed by atoms with Gasteiger partial charge >= 0.3 is 0 Å². The molecular weight excluding hydrogens is 348 g/mol. The zero-order valence-electron chi connectivity index (χ0n) is 15.2. The number of primary amides is 1. The van der Waals surface area contributed by atoms with Crippen LogP contribution in [0.2, 0.25) is 0 Å². The largest absolute Gasteiger partial charge is 0.370 e. The van der Waals surface area contributed by atoms with Crippen LogP contribution in [0.25, 0.3) is 0 Å². The van der Waals surface area contributed by atoms with Gasteiger partial charge in [-0.2, -0.15) is 0 Å². The van der Waals surface area contributed by atoms with E-state index < -0.39 is 5.91 Å². The summed E-state index contributed by atoms with van der Waals surface area (Å²) in [4.78, 5) is 50.5. The highest BCUT2D eigenvalue weighted by molar-refractivity contribution is 6.03. The monoisotopic (exact) mass is 372 g/mol. The molecule has 1 aromatic carbocycles. The second-order valence-electron chi connectivity index (χ2n) is 6.88. The van der Waals surface area contributed by atoms with Gasteiger partial charge in [0.25, 0.3) is 0 Å². The average molecular weight is 372 g/mol. The van der Waals surface area contributed by atoms with E-state index >= 15 is 0 Å². The quantitative estimate of drug-likeness (QED) is 0.730. The van der Waals surface area contributed by atoms with E-state index in [4.69, 9.17) is 5.73 Å². The Labute approximate surface area is 157 Å². The van der Waals surface area contributed by atoms with Gasteiger partial charge < -0.3 is 16.0 Å². The number of hydrogen-bond donors (Lipinski definition) is 2. The zero-order valence-corrected chi connectivity index (χ0v) is 15.2. The molecule has 1 aromatic rings. The number of nitrogens with two attached hydrogens (primary N) is 1. The van der Waals surface area contributed by atoms with E-state index in [1.165, 1.54) is 6.42 Å². The third-order valence-corrected chi connectivity index (χ3v) is 4.97. The van der Waals surface area contributed by atoms with Crippen molar-refractivity contribution in [1.82, 2.24) is 4.90 Å². The van der Waals surface area contributed by atoms with Gasteiger partial charge in [-0.1, -0.05) is 0 Å². The van der Waals surface area contributed by atoms with Gasteiger partial charge in [-0.25, -0.2) is 0 Å². The molecule has 0 unspecified atom stereocenters. The molecule has 0 spiro atoms. The number of imide groups is 1. The highest BCUT2D eigenvalue weighted by Gasteiger charge is 2.29. The lowest BCUT2D eigenvalue weighted by molar-refractivity contribution is -0.138. The molecule has 3 N–H and O–H groups in total. The predicted octanol–water partition coefficient (Wildman–Crippen LogP) is 1.25. The molecule has 0 bridgehead atoms. The van der Waals surface area contributed by atoms with Crippen LogP contribution in [0, 0.1) is 0 Å². The fraction of sp³-hybridized carbons (Fsp3) is 0.474. The summed E-state index contributed by atoms with van der Waals surface area (Å²) in [6, 6.07) is 5.04. The number of benzene rings is 1. The van der Waals surface area contributed by atoms with Crippen LogP contribution < -0.4 is 16.0 Å². The maximum Gasteiger partial charge on any atom is 0.248 e. The number of carbonyl (C=O) groups excluding carboxylic acids is 4. The maximum absolute atomic E-state index is 12.4. The number of anilines is 2. The second kappa shape index (κ2) is 8.20. The lowest BCUT2D eigenvalue weighted by atomic mass is 10.1. The smallest absolute Gasteiger partial charge is 0.248 e. The van der Waals surface area contributed by atoms with Crippen LogP contribution in [0.5, 0.6) is 0 Å². The molecule has 8 heteroatoms. The molecule has 27 heavy (non-hydrogen) atoms. The predicted molar refractivity (Wildman–Crippen MR) is 100 cm³/mol. The van der Waals surface area contributed by atoms with Gasteiger partial charge in [0.2, 0.25) is 23.6 Å². The third kappa shape index (κ3) is 4.45. The Morgan fingerprint density at radius 3 is 2.33 bits per heavy atom. The van der Waals surface area contributed by atoms with Crippen molar-refractivity contribution in [3.8, 4) is 0 Å². The zero-order chi connectivity index (χ0) is 19.4. The molecule has 2 heterocycles. The normalized spacial score (nSPS) is 17.3. The first-order valence-corrected chi connectivity index (χ1v) is 9.27. The van der Waals surface area contributed by atoms with Crippen LogP contribution in [0.4, 0.5) is 11.4 Å². The van der Waals surface area contributed by atoms with Gasteiger partial charge in [0.1, 0.15) is 0 Å². The molecule has 0 radical (unpaired) electrons. The minimum absolute atomic E-state index is 0.0116. The standard InChI is InChI=1S/C19H24N4O4/c20-19(27)13-4-5-15(22-9-2-1-3-10-22)14(12-13)21-16(24)8-11-23-17(25)6-7-18(23)26/h4-5,12H,1-3,6-11H2,(H2,20,27)(H,21,24). The van der Waals surface area contributed by atoms with Crippen LogP contribution in [-0.2, 0) is 14.4 Å². The van der Waals surface area contributed by atoms with Gasteiger partial charge in [0.05, 0.1) is 11.4 Å². The van der Waals surface area contributed by atoms with Crippen molar-refractivity contribution in [2.75, 3.05) is 29.9 Å². The fourth-order valence-corrected chi connectivity index (χ4v) is 3.50. The molecule has 0 aliphatic carbocycles. The summed E-state index contributed by atoms with van der Waals surface area (Å²) >= 11 is 0. The van der Waals surface area contributed by atoms with Crippen molar-refractivity contribution < 1.29 is 19.2 Å². The second-order valence-corrected chi connectivity index (χ2v) is 6.88. The van der Waals surface area contributed by atoms with E-state index in [9.17, 15) is 19.2 Å². The van der Waals surface area contributed by atoms with Crippen molar-refractivity contribution in [2.45, 2.75) is 38.5 Å². The summed E-state index contributed by atoms with van der Waals surface area (Å²) in [6.07, 6.45) is 3.75. The molecule has 8 nitrogen and oxygen atoms in total. The minimum Gasteiger partial charge on any atom is -0.370 e. The first kappa shape index (κ1) is 18.9. The van der Waals surface area contributed by atoms with Crippen molar-refractivity contribution in [3.05, 3.63) is 23.8 Å². The van der Waals surface area contributed by atoms with E-state index in [1.54, 1.807) is 18.2 Å². The topological polar surface area (TPSA) is 113 Å². The number of amides is 4. The van der Waals surface area contributed by atoms with Crippen molar-refractivity contribution in [1.29, 1.82) is 0 Å². The number of likely N-dealkylation sites (tertiary alicyclic amines) is 1. The summed E-state index contributed by atoms with van der Waals surface area (Å²) < 4.78 is 0. The molecule has 3 rings (SSSR count). The van der Waals surface area contributed by atoms with Crippen LogP contribution in [0.3, 0.4) is 0 Å². The summed E-state index contributed by atoms with van der Waals surface area (Å²) in [5.74, 6) is -1.36. The van der Waals surface area contributed by atoms with Crippen molar-refractivity contribution in [2.24, 2.45) is 5.73 Å². The van der Waals surface area contributed by atoms with Gasteiger partial charge in [-0.3, -0.25) is 24.1 Å². The van der Waals surface area contributed by atoms with Crippen LogP contribution in [0.1, 0.15) is 48.9 Å². The first-order valence-electron chi connectivity index (χ1n) is 9.27. The molecule has 0 saturated carbocycles. The molecule has 0 atom stereocenters. The van der Waals surface area contributed by atoms with E-state index in [-0.39, 0.29) is 43.5 Å². The Kier molecular flexibility index (Phi) is 5.73. The van der Waals surface area contributed by atoms with E-state index in [1.807, 2.05) is 0 Å². The lowest BCUT2D eigenvalue weighted by Gasteiger charge is -2.30. The SMILES string of the molecule is NC(=O)c1ccc(N2CCCCC2)c(NC(=O)CCN2C(=O)CCC2=O)c1. The molecule has 0 aromatic heterocycles. The minimum atomic E-state index is -0.566. The Morgan fingerprint density at radius 1 is 1.04 bits per heavy atom. The molecule has 2 aliphatic heterocycles. The van der Waals surface area contributed by atoms with E-state index in [0.29, 0.717) is 11.3 Å². The van der Waals surface area contributed by atoms with Crippen LogP contribution in [0.15, 0.2) is 18.2 Å². The Hall–Kier alpha value is -2.90. The number of carbonyl (C=O) groups is 4. The molecule has 2 aliphatic rings. The highest BCUT2D eigenvalue weighted by Crippen LogP contribution is 2.30. The van der Waals surface area contributed by atoms with E-state index in [0.717, 1.165) is 36.5 Å². The molecule has 2 fully saturated rings. The lowest BCUT2D eigenvalue weighted by Crippen LogP contribution is -2.33. The van der Waals surface area contributed by atoms with E-state index in [2.05, 4.69) is 10.2 Å². The molecule has 2 saturated heterocycles. The number of piperidine rings is 1. The Balaban J connectivity index is 1.72. The van der Waals surface area contributed by atoms with Gasteiger partial charge in [-0.05, 0) is 37.5 Å². The van der Waals surface area contributed by atoms with Gasteiger partial charge in [-0.15, -0.1) is 0 Å². The molecule has 4 amide bonds. The average Bonchev–Trinajstić information content (AvgIpc) is 2.98. The number of nitrogens with one attached hydrogen (secondary N) is 1. The number of rotatable bonds is 6. The summed E-state index contributed by atoms with van der Waals surface area (Å²) in [5.41, 5.74) is 7.06. The van der Waals surface area contributed by atoms with Crippen LogP contribution >= 0.6 is 0 Å². The maximum atomic E-state index is 12.4. The fourth-order valence-electron chi connectivity index (χ4n) is 3.50. The Morgan fingerprint density at radius 2 is 1.70 bits per heavy atom. The van der Waals surface area contributed by atoms with Crippen molar-refractivity contribution >= 4 is 35.0 Å². The molecular formula is C19H24N4O4. The Bertz CT molecular complexity index is 755. The first-order chi connectivity index (χ1) is 13.0. The summed E-state index contributed by atoms with van der Waals surface area (Å²) in [6.45, 7) is 1.84. The number of nitrogens with zero attached hydrogens (tertiary/aromatic N) is 2. The third-order valence-electron chi connectivity index (χ3n) is 4.97.